The van der Waals surface area contributed by atoms with E-state index in [-0.39, 0.29) is 10.6 Å². The fraction of sp³-hybridized carbons (Fsp3) is 0.400. The van der Waals surface area contributed by atoms with E-state index in [4.69, 9.17) is 5.73 Å². The van der Waals surface area contributed by atoms with E-state index in [0.717, 1.165) is 25.0 Å². The Hall–Kier alpha value is -1.14. The van der Waals surface area contributed by atoms with Crippen molar-refractivity contribution in [2.24, 2.45) is 0 Å². The summed E-state index contributed by atoms with van der Waals surface area (Å²) in [5, 5.41) is 0. The maximum absolute atomic E-state index is 13.0. The van der Waals surface area contributed by atoms with Crippen molar-refractivity contribution in [2.45, 2.75) is 30.2 Å². The van der Waals surface area contributed by atoms with Crippen molar-refractivity contribution < 1.29 is 12.8 Å². The Labute approximate surface area is 93.7 Å². The van der Waals surface area contributed by atoms with E-state index >= 15 is 0 Å². The standard InChI is InChI=1S/C10H13FN2O2S/c1-10(4-5-10)13-16(14,15)9-6-7(11)2-3-8(9)12/h2-3,6,13H,4-5,12H2,1H3. The first-order chi connectivity index (χ1) is 7.32. The summed E-state index contributed by atoms with van der Waals surface area (Å²) in [6.07, 6.45) is 1.59. The predicted octanol–water partition coefficient (Wildman–Crippen LogP) is 1.24. The molecule has 0 atom stereocenters. The summed E-state index contributed by atoms with van der Waals surface area (Å²) in [5.74, 6) is -0.615. The molecule has 1 aromatic carbocycles. The van der Waals surface area contributed by atoms with Gasteiger partial charge in [-0.25, -0.2) is 17.5 Å². The molecule has 4 nitrogen and oxygen atoms in total. The molecule has 1 aliphatic carbocycles. The average Bonchev–Trinajstić information content (AvgIpc) is 2.86. The van der Waals surface area contributed by atoms with Crippen LogP contribution in [0.25, 0.3) is 0 Å². The zero-order chi connectivity index (χ0) is 12.0. The third-order valence-corrected chi connectivity index (χ3v) is 4.34. The first-order valence-corrected chi connectivity index (χ1v) is 6.40. The lowest BCUT2D eigenvalue weighted by Gasteiger charge is -2.13. The molecule has 1 saturated carbocycles. The maximum Gasteiger partial charge on any atom is 0.243 e. The molecule has 0 heterocycles. The molecule has 6 heteroatoms. The van der Waals surface area contributed by atoms with Crippen molar-refractivity contribution in [3.05, 3.63) is 24.0 Å². The first kappa shape index (κ1) is 11.3. The topological polar surface area (TPSA) is 72.2 Å². The monoisotopic (exact) mass is 244 g/mol. The number of nitrogens with two attached hydrogens (primary N) is 1. The summed E-state index contributed by atoms with van der Waals surface area (Å²) in [5.41, 5.74) is 5.19. The smallest absolute Gasteiger partial charge is 0.243 e. The van der Waals surface area contributed by atoms with Crippen molar-refractivity contribution in [3.63, 3.8) is 0 Å². The first-order valence-electron chi connectivity index (χ1n) is 4.91. The predicted molar refractivity (Wildman–Crippen MR) is 58.8 cm³/mol. The molecule has 0 amide bonds. The van der Waals surface area contributed by atoms with Gasteiger partial charge in [-0.2, -0.15) is 0 Å². The van der Waals surface area contributed by atoms with Crippen molar-refractivity contribution in [3.8, 4) is 0 Å². The van der Waals surface area contributed by atoms with Gasteiger partial charge >= 0.3 is 0 Å². The highest BCUT2D eigenvalue weighted by molar-refractivity contribution is 7.89. The SMILES string of the molecule is CC1(NS(=O)(=O)c2cc(F)ccc2N)CC1. The van der Waals surface area contributed by atoms with E-state index in [0.29, 0.717) is 0 Å². The van der Waals surface area contributed by atoms with Gasteiger partial charge in [-0.1, -0.05) is 0 Å². The summed E-state index contributed by atoms with van der Waals surface area (Å²) >= 11 is 0. The van der Waals surface area contributed by atoms with Crippen LogP contribution in [-0.2, 0) is 10.0 Å². The van der Waals surface area contributed by atoms with Gasteiger partial charge in [0.05, 0.1) is 5.69 Å². The molecule has 1 aromatic rings. The Balaban J connectivity index is 2.38. The molecule has 0 aromatic heterocycles. The van der Waals surface area contributed by atoms with Gasteiger partial charge in [0.15, 0.2) is 0 Å². The number of halogens is 1. The molecule has 2 rings (SSSR count). The zero-order valence-electron chi connectivity index (χ0n) is 8.83. The lowest BCUT2D eigenvalue weighted by atomic mass is 10.3. The number of benzene rings is 1. The lowest BCUT2D eigenvalue weighted by molar-refractivity contribution is 0.556. The number of nitrogens with one attached hydrogen (secondary N) is 1. The second-order valence-electron chi connectivity index (χ2n) is 4.35. The fourth-order valence-electron chi connectivity index (χ4n) is 1.41. The largest absolute Gasteiger partial charge is 0.398 e. The van der Waals surface area contributed by atoms with Crippen molar-refractivity contribution in [2.75, 3.05) is 5.73 Å². The minimum absolute atomic E-state index is 0.0538. The van der Waals surface area contributed by atoms with Crippen molar-refractivity contribution in [1.82, 2.24) is 4.72 Å². The van der Waals surface area contributed by atoms with Gasteiger partial charge in [0, 0.05) is 5.54 Å². The maximum atomic E-state index is 13.0. The van der Waals surface area contributed by atoms with Crippen LogP contribution in [0.3, 0.4) is 0 Å². The highest BCUT2D eigenvalue weighted by Crippen LogP contribution is 2.36. The number of anilines is 1. The normalized spacial score (nSPS) is 18.4. The number of sulfonamides is 1. The number of hydrogen-bond donors (Lipinski definition) is 2. The molecule has 0 spiro atoms. The minimum Gasteiger partial charge on any atom is -0.398 e. The molecule has 1 aliphatic rings. The molecule has 1 fully saturated rings. The third-order valence-electron chi connectivity index (χ3n) is 2.65. The number of hydrogen-bond acceptors (Lipinski definition) is 3. The van der Waals surface area contributed by atoms with E-state index in [1.54, 1.807) is 6.92 Å². The fourth-order valence-corrected chi connectivity index (χ4v) is 3.02. The van der Waals surface area contributed by atoms with E-state index in [1.807, 2.05) is 0 Å². The molecule has 3 N–H and O–H groups in total. The molecule has 0 unspecified atom stereocenters. The second-order valence-corrected chi connectivity index (χ2v) is 6.00. The molecule has 0 aliphatic heterocycles. The van der Waals surface area contributed by atoms with Crippen LogP contribution in [0.2, 0.25) is 0 Å². The van der Waals surface area contributed by atoms with E-state index in [2.05, 4.69) is 4.72 Å². The molecule has 16 heavy (non-hydrogen) atoms. The quantitative estimate of drug-likeness (QED) is 0.786. The van der Waals surface area contributed by atoms with Crippen LogP contribution in [0.4, 0.5) is 10.1 Å². The zero-order valence-corrected chi connectivity index (χ0v) is 9.64. The Bertz CT molecular complexity index is 524. The van der Waals surface area contributed by atoms with Crippen molar-refractivity contribution in [1.29, 1.82) is 0 Å². The van der Waals surface area contributed by atoms with Crippen LogP contribution in [0.15, 0.2) is 23.1 Å². The molecule has 88 valence electrons. The van der Waals surface area contributed by atoms with Gasteiger partial charge in [0.1, 0.15) is 10.7 Å². The van der Waals surface area contributed by atoms with Gasteiger partial charge in [-0.15, -0.1) is 0 Å². The van der Waals surface area contributed by atoms with Crippen LogP contribution in [0, 0.1) is 5.82 Å². The highest BCUT2D eigenvalue weighted by atomic mass is 32.2. The van der Waals surface area contributed by atoms with Crippen LogP contribution in [-0.4, -0.2) is 14.0 Å². The van der Waals surface area contributed by atoms with Gasteiger partial charge in [0.2, 0.25) is 10.0 Å². The molecule has 0 radical (unpaired) electrons. The summed E-state index contributed by atoms with van der Waals surface area (Å²) in [4.78, 5) is -0.194. The Kier molecular flexibility index (Phi) is 2.43. The number of nitrogen functional groups attached to an aromatic ring is 1. The summed E-state index contributed by atoms with van der Waals surface area (Å²) < 4.78 is 39.3. The summed E-state index contributed by atoms with van der Waals surface area (Å²) in [6, 6.07) is 3.32. The third kappa shape index (κ3) is 2.17. The van der Waals surface area contributed by atoms with Gasteiger partial charge in [-0.05, 0) is 38.0 Å². The van der Waals surface area contributed by atoms with Crippen LogP contribution < -0.4 is 10.5 Å². The van der Waals surface area contributed by atoms with Gasteiger partial charge in [0.25, 0.3) is 0 Å². The second kappa shape index (κ2) is 3.43. The van der Waals surface area contributed by atoms with E-state index < -0.39 is 21.4 Å². The Morgan fingerprint density at radius 3 is 2.62 bits per heavy atom. The minimum atomic E-state index is -3.72. The van der Waals surface area contributed by atoms with Crippen LogP contribution >= 0.6 is 0 Å². The molecule has 0 saturated heterocycles. The van der Waals surface area contributed by atoms with E-state index in [9.17, 15) is 12.8 Å². The summed E-state index contributed by atoms with van der Waals surface area (Å²) in [6.45, 7) is 1.81. The Morgan fingerprint density at radius 2 is 2.06 bits per heavy atom. The van der Waals surface area contributed by atoms with Crippen LogP contribution in [0.5, 0.6) is 0 Å². The highest BCUT2D eigenvalue weighted by Gasteiger charge is 2.41. The molecule has 0 bridgehead atoms. The van der Waals surface area contributed by atoms with Gasteiger partial charge < -0.3 is 5.73 Å². The molecular formula is C10H13FN2O2S. The van der Waals surface area contributed by atoms with Crippen LogP contribution in [0.1, 0.15) is 19.8 Å². The lowest BCUT2D eigenvalue weighted by Crippen LogP contribution is -2.34. The van der Waals surface area contributed by atoms with E-state index in [1.165, 1.54) is 6.07 Å². The molecular weight excluding hydrogens is 231 g/mol. The van der Waals surface area contributed by atoms with Crippen molar-refractivity contribution >= 4 is 15.7 Å². The Morgan fingerprint density at radius 1 is 1.44 bits per heavy atom. The number of rotatable bonds is 3. The average molecular weight is 244 g/mol. The summed E-state index contributed by atoms with van der Waals surface area (Å²) in [7, 11) is -3.72. The van der Waals surface area contributed by atoms with Gasteiger partial charge in [-0.3, -0.25) is 0 Å².